The van der Waals surface area contributed by atoms with Crippen LogP contribution in [0.5, 0.6) is 0 Å². The molecule has 29 heavy (non-hydrogen) atoms. The summed E-state index contributed by atoms with van der Waals surface area (Å²) in [6.07, 6.45) is 6.65. The fourth-order valence-electron chi connectivity index (χ4n) is 6.34. The SMILES string of the molecule is O=C(Nc1cc(S(=O)(=O)N2CCOCC2)ccc1Cl)C12CC3CC(CC(C3)C1)C2. The van der Waals surface area contributed by atoms with Crippen molar-refractivity contribution < 1.29 is 17.9 Å². The van der Waals surface area contributed by atoms with E-state index in [1.165, 1.54) is 35.7 Å². The third-order valence-electron chi connectivity index (χ3n) is 7.31. The van der Waals surface area contributed by atoms with Gasteiger partial charge >= 0.3 is 0 Å². The van der Waals surface area contributed by atoms with Crippen LogP contribution in [-0.4, -0.2) is 44.9 Å². The van der Waals surface area contributed by atoms with Crippen molar-refractivity contribution in [2.75, 3.05) is 31.6 Å². The lowest BCUT2D eigenvalue weighted by molar-refractivity contribution is -0.140. The van der Waals surface area contributed by atoms with Gasteiger partial charge in [-0.2, -0.15) is 4.31 Å². The van der Waals surface area contributed by atoms with Gasteiger partial charge in [-0.3, -0.25) is 4.79 Å². The summed E-state index contributed by atoms with van der Waals surface area (Å²) in [6, 6.07) is 4.57. The number of anilines is 1. The van der Waals surface area contributed by atoms with Crippen LogP contribution in [0.25, 0.3) is 0 Å². The molecule has 6 rings (SSSR count). The first-order chi connectivity index (χ1) is 13.9. The van der Waals surface area contributed by atoms with Gasteiger partial charge in [-0.25, -0.2) is 8.42 Å². The van der Waals surface area contributed by atoms with E-state index in [0.717, 1.165) is 19.3 Å². The Morgan fingerprint density at radius 2 is 1.66 bits per heavy atom. The monoisotopic (exact) mass is 438 g/mol. The fourth-order valence-corrected chi connectivity index (χ4v) is 7.94. The van der Waals surface area contributed by atoms with E-state index in [0.29, 0.717) is 54.8 Å². The van der Waals surface area contributed by atoms with E-state index in [2.05, 4.69) is 5.32 Å². The zero-order chi connectivity index (χ0) is 20.2. The van der Waals surface area contributed by atoms with Crippen molar-refractivity contribution in [3.63, 3.8) is 0 Å². The number of nitrogens with one attached hydrogen (secondary N) is 1. The number of hydrogen-bond donors (Lipinski definition) is 1. The molecule has 0 unspecified atom stereocenters. The Hall–Kier alpha value is -1.15. The number of benzene rings is 1. The zero-order valence-electron chi connectivity index (χ0n) is 16.4. The van der Waals surface area contributed by atoms with Gasteiger partial charge in [-0.15, -0.1) is 0 Å². The predicted molar refractivity (Wildman–Crippen MR) is 110 cm³/mol. The number of carbonyl (C=O) groups excluding carboxylic acids is 1. The van der Waals surface area contributed by atoms with Gasteiger partial charge in [0, 0.05) is 13.1 Å². The Morgan fingerprint density at radius 3 is 2.24 bits per heavy atom. The number of amides is 1. The minimum atomic E-state index is -3.64. The van der Waals surface area contributed by atoms with Gasteiger partial charge in [-0.05, 0) is 74.5 Å². The second kappa shape index (κ2) is 7.22. The number of carbonyl (C=O) groups is 1. The van der Waals surface area contributed by atoms with E-state index >= 15 is 0 Å². The van der Waals surface area contributed by atoms with E-state index in [4.69, 9.17) is 16.3 Å². The average Bonchev–Trinajstić information content (AvgIpc) is 2.69. The van der Waals surface area contributed by atoms with E-state index in [1.807, 2.05) is 0 Å². The topological polar surface area (TPSA) is 75.7 Å². The molecule has 0 spiro atoms. The molecule has 5 aliphatic rings. The second-order valence-electron chi connectivity index (χ2n) is 9.31. The third kappa shape index (κ3) is 3.50. The van der Waals surface area contributed by atoms with E-state index < -0.39 is 10.0 Å². The first kappa shape index (κ1) is 19.8. The van der Waals surface area contributed by atoms with Crippen molar-refractivity contribution in [3.05, 3.63) is 23.2 Å². The van der Waals surface area contributed by atoms with Crippen LogP contribution in [0.2, 0.25) is 5.02 Å². The van der Waals surface area contributed by atoms with Crippen LogP contribution in [0.4, 0.5) is 5.69 Å². The summed E-state index contributed by atoms with van der Waals surface area (Å²) in [5, 5.41) is 3.37. The summed E-state index contributed by atoms with van der Waals surface area (Å²) in [5.41, 5.74) is 0.0821. The van der Waals surface area contributed by atoms with Gasteiger partial charge in [0.05, 0.1) is 34.2 Å². The first-order valence-electron chi connectivity index (χ1n) is 10.5. The Morgan fingerprint density at radius 1 is 1.07 bits per heavy atom. The van der Waals surface area contributed by atoms with Gasteiger partial charge < -0.3 is 10.1 Å². The number of nitrogens with zero attached hydrogens (tertiary/aromatic N) is 1. The summed E-state index contributed by atoms with van der Waals surface area (Å²) in [4.78, 5) is 13.5. The predicted octanol–water partition coefficient (Wildman–Crippen LogP) is 3.52. The Labute approximate surface area is 177 Å². The lowest BCUT2D eigenvalue weighted by atomic mass is 9.49. The second-order valence-corrected chi connectivity index (χ2v) is 11.7. The van der Waals surface area contributed by atoms with Gasteiger partial charge in [-0.1, -0.05) is 11.6 Å². The van der Waals surface area contributed by atoms with Crippen molar-refractivity contribution in [3.8, 4) is 0 Å². The van der Waals surface area contributed by atoms with Crippen LogP contribution < -0.4 is 5.32 Å². The summed E-state index contributed by atoms with van der Waals surface area (Å²) >= 11 is 6.34. The minimum absolute atomic E-state index is 0.0134. The molecule has 8 heteroatoms. The average molecular weight is 439 g/mol. The highest BCUT2D eigenvalue weighted by Gasteiger charge is 2.54. The number of rotatable bonds is 4. The van der Waals surface area contributed by atoms with Crippen molar-refractivity contribution in [2.45, 2.75) is 43.4 Å². The van der Waals surface area contributed by atoms with Gasteiger partial charge in [0.25, 0.3) is 0 Å². The molecular weight excluding hydrogens is 412 g/mol. The molecule has 6 nitrogen and oxygen atoms in total. The van der Waals surface area contributed by atoms with Crippen LogP contribution in [0.1, 0.15) is 38.5 Å². The lowest BCUT2D eigenvalue weighted by Crippen LogP contribution is -2.51. The van der Waals surface area contributed by atoms with E-state index in [9.17, 15) is 13.2 Å². The van der Waals surface area contributed by atoms with Crippen LogP contribution in [0.3, 0.4) is 0 Å². The molecule has 0 aromatic heterocycles. The van der Waals surface area contributed by atoms with Crippen LogP contribution in [0.15, 0.2) is 23.1 Å². The summed E-state index contributed by atoms with van der Waals surface area (Å²) in [6.45, 7) is 1.45. The Bertz CT molecular complexity index is 891. The van der Waals surface area contributed by atoms with Crippen LogP contribution in [0, 0.1) is 23.2 Å². The summed E-state index contributed by atoms with van der Waals surface area (Å²) in [5.74, 6) is 2.00. The molecule has 1 N–H and O–H groups in total. The highest BCUT2D eigenvalue weighted by Crippen LogP contribution is 2.60. The van der Waals surface area contributed by atoms with Crippen LogP contribution in [-0.2, 0) is 19.6 Å². The number of halogens is 1. The molecule has 5 fully saturated rings. The molecule has 0 radical (unpaired) electrons. The molecule has 1 heterocycles. The molecule has 1 aromatic carbocycles. The largest absolute Gasteiger partial charge is 0.379 e. The van der Waals surface area contributed by atoms with E-state index in [-0.39, 0.29) is 16.2 Å². The molecule has 158 valence electrons. The summed E-state index contributed by atoms with van der Waals surface area (Å²) in [7, 11) is -3.64. The molecule has 4 saturated carbocycles. The number of hydrogen-bond acceptors (Lipinski definition) is 4. The molecule has 1 aliphatic heterocycles. The zero-order valence-corrected chi connectivity index (χ0v) is 18.0. The maximum Gasteiger partial charge on any atom is 0.243 e. The van der Waals surface area contributed by atoms with Crippen molar-refractivity contribution in [1.29, 1.82) is 0 Å². The van der Waals surface area contributed by atoms with Gasteiger partial charge in [0.15, 0.2) is 0 Å². The number of sulfonamides is 1. The van der Waals surface area contributed by atoms with Crippen LogP contribution >= 0.6 is 11.6 Å². The molecule has 1 aromatic rings. The van der Waals surface area contributed by atoms with E-state index in [1.54, 1.807) is 6.07 Å². The first-order valence-corrected chi connectivity index (χ1v) is 12.4. The number of ether oxygens (including phenoxy) is 1. The van der Waals surface area contributed by atoms with Gasteiger partial charge in [0.2, 0.25) is 15.9 Å². The molecule has 4 aliphatic carbocycles. The number of morpholine rings is 1. The Balaban J connectivity index is 1.39. The lowest BCUT2D eigenvalue weighted by Gasteiger charge is -2.55. The molecule has 1 amide bonds. The maximum absolute atomic E-state index is 13.3. The quantitative estimate of drug-likeness (QED) is 0.780. The molecule has 0 atom stereocenters. The highest BCUT2D eigenvalue weighted by atomic mass is 35.5. The highest BCUT2D eigenvalue weighted by molar-refractivity contribution is 7.89. The van der Waals surface area contributed by atoms with Crippen molar-refractivity contribution >= 4 is 33.2 Å². The molecule has 4 bridgehead atoms. The van der Waals surface area contributed by atoms with Crippen molar-refractivity contribution in [1.82, 2.24) is 4.31 Å². The fraction of sp³-hybridized carbons (Fsp3) is 0.667. The molecular formula is C21H27ClN2O4S. The standard InChI is InChI=1S/C21H27ClN2O4S/c22-18-2-1-17(29(26,27)24-3-5-28-6-4-24)10-19(18)23-20(25)21-11-14-7-15(12-21)9-16(8-14)13-21/h1-2,10,14-16H,3-9,11-13H2,(H,23,25). The maximum atomic E-state index is 13.3. The smallest absolute Gasteiger partial charge is 0.243 e. The summed E-state index contributed by atoms with van der Waals surface area (Å²) < 4.78 is 32.6. The van der Waals surface area contributed by atoms with Crippen molar-refractivity contribution in [2.24, 2.45) is 23.2 Å². The Kier molecular flexibility index (Phi) is 4.93. The molecule has 1 saturated heterocycles. The third-order valence-corrected chi connectivity index (χ3v) is 9.54. The normalized spacial score (nSPS) is 34.3. The van der Waals surface area contributed by atoms with Gasteiger partial charge in [0.1, 0.15) is 0 Å². The minimum Gasteiger partial charge on any atom is -0.379 e.